The smallest absolute Gasteiger partial charge is 0.270 e. The van der Waals surface area contributed by atoms with Crippen LogP contribution < -0.4 is 15.5 Å². The molecule has 1 aromatic carbocycles. The van der Waals surface area contributed by atoms with Gasteiger partial charge < -0.3 is 19.5 Å². The van der Waals surface area contributed by atoms with Crippen LogP contribution in [0.2, 0.25) is 0 Å². The fourth-order valence-corrected chi connectivity index (χ4v) is 2.82. The van der Waals surface area contributed by atoms with Crippen molar-refractivity contribution in [3.8, 4) is 5.75 Å². The zero-order chi connectivity index (χ0) is 18.7. The van der Waals surface area contributed by atoms with E-state index in [-0.39, 0.29) is 29.2 Å². The summed E-state index contributed by atoms with van der Waals surface area (Å²) in [6, 6.07) is 6.65. The van der Waals surface area contributed by atoms with E-state index >= 15 is 0 Å². The minimum Gasteiger partial charge on any atom is -0.491 e. The first kappa shape index (κ1) is 17.7. The molecule has 2 heterocycles. The Labute approximate surface area is 149 Å². The number of amides is 2. The summed E-state index contributed by atoms with van der Waals surface area (Å²) >= 11 is 0. The predicted octanol–water partition coefficient (Wildman–Crippen LogP) is 0.882. The van der Waals surface area contributed by atoms with Gasteiger partial charge in [-0.2, -0.15) is 0 Å². The molecule has 136 valence electrons. The number of ether oxygens (including phenoxy) is 1. The molecule has 2 amide bonds. The third-order valence-electron chi connectivity index (χ3n) is 4.18. The summed E-state index contributed by atoms with van der Waals surface area (Å²) in [6.45, 7) is 1.49. The average molecular weight is 359 g/mol. The first-order valence-corrected chi connectivity index (χ1v) is 8.11. The van der Waals surface area contributed by atoms with Gasteiger partial charge in [0.15, 0.2) is 5.75 Å². The standard InChI is InChI=1S/C18H18FN3O4/c1-26-16-11-22-8-7-21(18(25)14(22)10-15(16)23)6-5-20-17(24)12-3-2-4-13(19)9-12/h2-4,9-11H,5-8H2,1H3,(H,20,24). The molecule has 0 radical (unpaired) electrons. The minimum absolute atomic E-state index is 0.192. The molecule has 0 unspecified atom stereocenters. The van der Waals surface area contributed by atoms with E-state index in [4.69, 9.17) is 4.74 Å². The topological polar surface area (TPSA) is 80.6 Å². The molecule has 1 aliphatic rings. The zero-order valence-electron chi connectivity index (χ0n) is 14.2. The van der Waals surface area contributed by atoms with Crippen LogP contribution >= 0.6 is 0 Å². The van der Waals surface area contributed by atoms with Crippen LogP contribution in [0.1, 0.15) is 20.8 Å². The minimum atomic E-state index is -0.485. The molecule has 3 rings (SSSR count). The highest BCUT2D eigenvalue weighted by atomic mass is 19.1. The number of pyridine rings is 1. The van der Waals surface area contributed by atoms with Crippen LogP contribution in [0.15, 0.2) is 41.3 Å². The van der Waals surface area contributed by atoms with Crippen LogP contribution in [0.4, 0.5) is 4.39 Å². The monoisotopic (exact) mass is 359 g/mol. The number of nitrogens with one attached hydrogen (secondary N) is 1. The summed E-state index contributed by atoms with van der Waals surface area (Å²) in [5, 5.41) is 2.66. The number of methoxy groups -OCH3 is 1. The first-order chi connectivity index (χ1) is 12.5. The lowest BCUT2D eigenvalue weighted by molar-refractivity contribution is 0.0696. The van der Waals surface area contributed by atoms with Crippen LogP contribution in [0.3, 0.4) is 0 Å². The number of rotatable bonds is 5. The van der Waals surface area contributed by atoms with Crippen molar-refractivity contribution in [3.63, 3.8) is 0 Å². The third-order valence-corrected chi connectivity index (χ3v) is 4.18. The van der Waals surface area contributed by atoms with Gasteiger partial charge in [-0.15, -0.1) is 0 Å². The Hall–Kier alpha value is -3.16. The molecule has 1 aromatic heterocycles. The van der Waals surface area contributed by atoms with Gasteiger partial charge in [-0.3, -0.25) is 14.4 Å². The highest BCUT2D eigenvalue weighted by molar-refractivity contribution is 5.94. The molecule has 1 aliphatic heterocycles. The molecule has 2 aromatic rings. The van der Waals surface area contributed by atoms with Crippen LogP contribution in [0.25, 0.3) is 0 Å². The summed E-state index contributed by atoms with van der Waals surface area (Å²) in [5.41, 5.74) is 0.158. The molecule has 0 atom stereocenters. The van der Waals surface area contributed by atoms with Gasteiger partial charge in [0.25, 0.3) is 11.8 Å². The van der Waals surface area contributed by atoms with Gasteiger partial charge in [-0.25, -0.2) is 4.39 Å². The van der Waals surface area contributed by atoms with Gasteiger partial charge >= 0.3 is 0 Å². The van der Waals surface area contributed by atoms with Crippen LogP contribution in [0.5, 0.6) is 5.75 Å². The summed E-state index contributed by atoms with van der Waals surface area (Å²) < 4.78 is 19.8. The SMILES string of the molecule is COc1cn2c(cc1=O)C(=O)N(CCNC(=O)c1cccc(F)c1)CC2. The lowest BCUT2D eigenvalue weighted by atomic mass is 10.2. The Morgan fingerprint density at radius 3 is 2.81 bits per heavy atom. The van der Waals surface area contributed by atoms with Crippen molar-refractivity contribution in [3.05, 3.63) is 63.8 Å². The number of hydrogen-bond acceptors (Lipinski definition) is 4. The Balaban J connectivity index is 1.62. The second kappa shape index (κ2) is 7.38. The molecule has 0 fully saturated rings. The van der Waals surface area contributed by atoms with Crippen molar-refractivity contribution in [1.82, 2.24) is 14.8 Å². The average Bonchev–Trinajstić information content (AvgIpc) is 2.63. The Morgan fingerprint density at radius 2 is 2.08 bits per heavy atom. The van der Waals surface area contributed by atoms with Gasteiger partial charge in [0.1, 0.15) is 11.5 Å². The second-order valence-corrected chi connectivity index (χ2v) is 5.84. The van der Waals surface area contributed by atoms with E-state index in [1.165, 1.54) is 37.6 Å². The molecule has 26 heavy (non-hydrogen) atoms. The molecule has 0 saturated heterocycles. The highest BCUT2D eigenvalue weighted by Crippen LogP contribution is 2.14. The zero-order valence-corrected chi connectivity index (χ0v) is 14.2. The lowest BCUT2D eigenvalue weighted by Gasteiger charge is -2.30. The summed E-state index contributed by atoms with van der Waals surface area (Å²) in [5.74, 6) is -0.981. The lowest BCUT2D eigenvalue weighted by Crippen LogP contribution is -2.45. The number of halogens is 1. The molecule has 0 saturated carbocycles. The maximum atomic E-state index is 13.1. The molecular formula is C18H18FN3O4. The normalized spacial score (nSPS) is 13.3. The summed E-state index contributed by atoms with van der Waals surface area (Å²) in [4.78, 5) is 37.9. The van der Waals surface area contributed by atoms with E-state index in [1.807, 2.05) is 0 Å². The van der Waals surface area contributed by atoms with E-state index in [1.54, 1.807) is 9.47 Å². The molecule has 0 spiro atoms. The number of hydrogen-bond donors (Lipinski definition) is 1. The predicted molar refractivity (Wildman–Crippen MR) is 91.9 cm³/mol. The fraction of sp³-hybridized carbons (Fsp3) is 0.278. The maximum absolute atomic E-state index is 13.1. The van der Waals surface area contributed by atoms with Gasteiger partial charge in [0, 0.05) is 37.8 Å². The molecule has 0 aliphatic carbocycles. The van der Waals surface area contributed by atoms with Gasteiger partial charge in [-0.1, -0.05) is 6.07 Å². The summed E-state index contributed by atoms with van der Waals surface area (Å²) in [6.07, 6.45) is 1.53. The van der Waals surface area contributed by atoms with E-state index in [9.17, 15) is 18.8 Å². The van der Waals surface area contributed by atoms with Crippen molar-refractivity contribution in [2.45, 2.75) is 6.54 Å². The van der Waals surface area contributed by atoms with Gasteiger partial charge in [-0.05, 0) is 18.2 Å². The second-order valence-electron chi connectivity index (χ2n) is 5.84. The van der Waals surface area contributed by atoms with E-state index in [0.717, 1.165) is 6.07 Å². The Bertz CT molecular complexity index is 910. The Morgan fingerprint density at radius 1 is 1.27 bits per heavy atom. The van der Waals surface area contributed by atoms with Gasteiger partial charge in [0.2, 0.25) is 5.43 Å². The quantitative estimate of drug-likeness (QED) is 0.860. The molecule has 1 N–H and O–H groups in total. The van der Waals surface area contributed by atoms with Crippen molar-refractivity contribution in [1.29, 1.82) is 0 Å². The number of fused-ring (bicyclic) bond motifs is 1. The van der Waals surface area contributed by atoms with E-state index in [0.29, 0.717) is 25.3 Å². The van der Waals surface area contributed by atoms with Crippen molar-refractivity contribution >= 4 is 11.8 Å². The molecular weight excluding hydrogens is 341 g/mol. The van der Waals surface area contributed by atoms with E-state index in [2.05, 4.69) is 5.32 Å². The van der Waals surface area contributed by atoms with Crippen LogP contribution in [-0.2, 0) is 6.54 Å². The van der Waals surface area contributed by atoms with Crippen LogP contribution in [0, 0.1) is 5.82 Å². The van der Waals surface area contributed by atoms with Gasteiger partial charge in [0.05, 0.1) is 13.3 Å². The molecule has 0 bridgehead atoms. The van der Waals surface area contributed by atoms with Crippen molar-refractivity contribution in [2.75, 3.05) is 26.7 Å². The van der Waals surface area contributed by atoms with E-state index < -0.39 is 11.7 Å². The van der Waals surface area contributed by atoms with Crippen molar-refractivity contribution in [2.24, 2.45) is 0 Å². The number of benzene rings is 1. The largest absolute Gasteiger partial charge is 0.491 e. The maximum Gasteiger partial charge on any atom is 0.270 e. The van der Waals surface area contributed by atoms with Crippen molar-refractivity contribution < 1.29 is 18.7 Å². The number of carbonyl (C=O) groups excluding carboxylic acids is 2. The van der Waals surface area contributed by atoms with Crippen LogP contribution in [-0.4, -0.2) is 48.0 Å². The molecule has 7 nitrogen and oxygen atoms in total. The molecule has 8 heteroatoms. The Kier molecular flexibility index (Phi) is 5.01. The number of nitrogens with zero attached hydrogens (tertiary/aromatic N) is 2. The third kappa shape index (κ3) is 3.58. The highest BCUT2D eigenvalue weighted by Gasteiger charge is 2.25. The first-order valence-electron chi connectivity index (χ1n) is 8.11. The number of aromatic nitrogens is 1. The summed E-state index contributed by atoms with van der Waals surface area (Å²) in [7, 11) is 1.40. The fourth-order valence-electron chi connectivity index (χ4n) is 2.82. The number of carbonyl (C=O) groups is 2.